The molecule has 0 aliphatic heterocycles. The van der Waals surface area contributed by atoms with Crippen LogP contribution >= 0.6 is 0 Å². The van der Waals surface area contributed by atoms with Gasteiger partial charge in [0.2, 0.25) is 5.91 Å². The summed E-state index contributed by atoms with van der Waals surface area (Å²) in [5, 5.41) is 6.18. The molecule has 0 aromatic rings. The highest BCUT2D eigenvalue weighted by molar-refractivity contribution is 5.81. The minimum atomic E-state index is -0.0810. The first kappa shape index (κ1) is 12.5. The van der Waals surface area contributed by atoms with Crippen molar-refractivity contribution in [2.75, 3.05) is 20.3 Å². The van der Waals surface area contributed by atoms with Crippen LogP contribution in [0.5, 0.6) is 0 Å². The molecule has 2 N–H and O–H groups in total. The van der Waals surface area contributed by atoms with Crippen LogP contribution in [0.3, 0.4) is 0 Å². The maximum atomic E-state index is 11.6. The highest BCUT2D eigenvalue weighted by Gasteiger charge is 2.34. The Bertz CT molecular complexity index is 209. The number of carbonyl (C=O) groups is 1. The molecule has 1 aliphatic rings. The highest BCUT2D eigenvalue weighted by Crippen LogP contribution is 2.29. The number of amides is 1. The first-order valence-electron chi connectivity index (χ1n) is 5.68. The van der Waals surface area contributed by atoms with Gasteiger partial charge in [-0.3, -0.25) is 4.79 Å². The molecule has 0 aromatic heterocycles. The van der Waals surface area contributed by atoms with E-state index >= 15 is 0 Å². The SMILES string of the molecule is COCCCNC(=O)C(C)NC1CC1C. The average molecular weight is 214 g/mol. The van der Waals surface area contributed by atoms with Crippen molar-refractivity contribution >= 4 is 5.91 Å². The standard InChI is InChI=1S/C11H22N2O2/c1-8-7-10(8)13-9(2)11(14)12-5-4-6-15-3/h8-10,13H,4-7H2,1-3H3,(H,12,14). The van der Waals surface area contributed by atoms with Crippen LogP contribution in [0.2, 0.25) is 0 Å². The van der Waals surface area contributed by atoms with E-state index < -0.39 is 0 Å². The van der Waals surface area contributed by atoms with Gasteiger partial charge in [-0.2, -0.15) is 0 Å². The Morgan fingerprint density at radius 3 is 2.80 bits per heavy atom. The average Bonchev–Trinajstić information content (AvgIpc) is 2.88. The van der Waals surface area contributed by atoms with Crippen LogP contribution in [0, 0.1) is 5.92 Å². The summed E-state index contributed by atoms with van der Waals surface area (Å²) in [7, 11) is 1.67. The lowest BCUT2D eigenvalue weighted by Crippen LogP contribution is -2.43. The third-order valence-electron chi connectivity index (χ3n) is 2.79. The van der Waals surface area contributed by atoms with Crippen LogP contribution in [0.25, 0.3) is 0 Å². The molecule has 3 unspecified atom stereocenters. The summed E-state index contributed by atoms with van der Waals surface area (Å²) in [6, 6.07) is 0.465. The van der Waals surface area contributed by atoms with Gasteiger partial charge in [-0.1, -0.05) is 6.92 Å². The van der Waals surface area contributed by atoms with Crippen LogP contribution in [0.4, 0.5) is 0 Å². The summed E-state index contributed by atoms with van der Waals surface area (Å²) in [6.07, 6.45) is 2.07. The molecule has 15 heavy (non-hydrogen) atoms. The maximum Gasteiger partial charge on any atom is 0.236 e. The van der Waals surface area contributed by atoms with Crippen molar-refractivity contribution in [3.63, 3.8) is 0 Å². The van der Waals surface area contributed by atoms with E-state index in [9.17, 15) is 4.79 Å². The predicted molar refractivity (Wildman–Crippen MR) is 59.7 cm³/mol. The lowest BCUT2D eigenvalue weighted by Gasteiger charge is -2.13. The van der Waals surface area contributed by atoms with Gasteiger partial charge in [0.05, 0.1) is 6.04 Å². The molecule has 1 saturated carbocycles. The molecule has 0 spiro atoms. The molecule has 0 heterocycles. The third kappa shape index (κ3) is 4.62. The Morgan fingerprint density at radius 2 is 2.27 bits per heavy atom. The smallest absolute Gasteiger partial charge is 0.236 e. The summed E-state index contributed by atoms with van der Waals surface area (Å²) in [6.45, 7) is 5.50. The van der Waals surface area contributed by atoms with Gasteiger partial charge in [0, 0.05) is 26.3 Å². The number of ether oxygens (including phenoxy) is 1. The second-order valence-electron chi connectivity index (χ2n) is 4.35. The summed E-state index contributed by atoms with van der Waals surface area (Å²) in [5.74, 6) is 0.818. The first-order chi connectivity index (χ1) is 7.15. The molecular weight excluding hydrogens is 192 g/mol. The normalized spacial score (nSPS) is 26.1. The number of methoxy groups -OCH3 is 1. The zero-order valence-corrected chi connectivity index (χ0v) is 9.88. The molecule has 3 atom stereocenters. The van der Waals surface area contributed by atoms with Crippen molar-refractivity contribution in [3.8, 4) is 0 Å². The highest BCUT2D eigenvalue weighted by atomic mass is 16.5. The van der Waals surface area contributed by atoms with E-state index in [2.05, 4.69) is 17.6 Å². The fourth-order valence-electron chi connectivity index (χ4n) is 1.53. The number of nitrogens with one attached hydrogen (secondary N) is 2. The lowest BCUT2D eigenvalue weighted by atomic mass is 10.3. The summed E-state index contributed by atoms with van der Waals surface area (Å²) < 4.78 is 4.91. The van der Waals surface area contributed by atoms with E-state index in [-0.39, 0.29) is 11.9 Å². The van der Waals surface area contributed by atoms with Crippen LogP contribution in [-0.2, 0) is 9.53 Å². The zero-order chi connectivity index (χ0) is 11.3. The Labute approximate surface area is 91.8 Å². The maximum absolute atomic E-state index is 11.6. The summed E-state index contributed by atoms with van der Waals surface area (Å²) >= 11 is 0. The number of hydrogen-bond donors (Lipinski definition) is 2. The van der Waals surface area contributed by atoms with Crippen molar-refractivity contribution in [1.82, 2.24) is 10.6 Å². The van der Waals surface area contributed by atoms with Crippen molar-refractivity contribution in [2.45, 2.75) is 38.8 Å². The molecule has 0 aromatic carbocycles. The van der Waals surface area contributed by atoms with Gasteiger partial charge in [-0.25, -0.2) is 0 Å². The predicted octanol–water partition coefficient (Wildman–Crippen LogP) is 0.526. The fraction of sp³-hybridized carbons (Fsp3) is 0.909. The van der Waals surface area contributed by atoms with Crippen molar-refractivity contribution < 1.29 is 9.53 Å². The van der Waals surface area contributed by atoms with E-state index in [0.29, 0.717) is 19.2 Å². The minimum absolute atomic E-state index is 0.0810. The van der Waals surface area contributed by atoms with E-state index in [4.69, 9.17) is 4.74 Å². The first-order valence-corrected chi connectivity index (χ1v) is 5.68. The second-order valence-corrected chi connectivity index (χ2v) is 4.35. The molecule has 1 aliphatic carbocycles. The van der Waals surface area contributed by atoms with Crippen LogP contribution < -0.4 is 10.6 Å². The van der Waals surface area contributed by atoms with Gasteiger partial charge in [0.25, 0.3) is 0 Å². The number of carbonyl (C=O) groups excluding carboxylic acids is 1. The Morgan fingerprint density at radius 1 is 1.60 bits per heavy atom. The van der Waals surface area contributed by atoms with Crippen molar-refractivity contribution in [1.29, 1.82) is 0 Å². The van der Waals surface area contributed by atoms with Gasteiger partial charge >= 0.3 is 0 Å². The van der Waals surface area contributed by atoms with E-state index in [0.717, 1.165) is 12.3 Å². The van der Waals surface area contributed by atoms with Crippen LogP contribution in [0.1, 0.15) is 26.7 Å². The molecule has 88 valence electrons. The lowest BCUT2D eigenvalue weighted by molar-refractivity contribution is -0.122. The van der Waals surface area contributed by atoms with E-state index in [1.165, 1.54) is 6.42 Å². The molecule has 1 amide bonds. The van der Waals surface area contributed by atoms with Gasteiger partial charge in [-0.05, 0) is 25.7 Å². The third-order valence-corrected chi connectivity index (χ3v) is 2.79. The van der Waals surface area contributed by atoms with E-state index in [1.54, 1.807) is 7.11 Å². The zero-order valence-electron chi connectivity index (χ0n) is 9.88. The van der Waals surface area contributed by atoms with Crippen LogP contribution in [0.15, 0.2) is 0 Å². The second kappa shape index (κ2) is 6.08. The fourth-order valence-corrected chi connectivity index (χ4v) is 1.53. The molecule has 1 fully saturated rings. The Hall–Kier alpha value is -0.610. The molecule has 0 saturated heterocycles. The monoisotopic (exact) mass is 214 g/mol. The van der Waals surface area contributed by atoms with E-state index in [1.807, 2.05) is 6.92 Å². The van der Waals surface area contributed by atoms with Crippen molar-refractivity contribution in [3.05, 3.63) is 0 Å². The van der Waals surface area contributed by atoms with Gasteiger partial charge < -0.3 is 15.4 Å². The summed E-state index contributed by atoms with van der Waals surface area (Å²) in [5.41, 5.74) is 0. The molecule has 4 heteroatoms. The summed E-state index contributed by atoms with van der Waals surface area (Å²) in [4.78, 5) is 11.6. The van der Waals surface area contributed by atoms with Gasteiger partial charge in [-0.15, -0.1) is 0 Å². The molecule has 4 nitrogen and oxygen atoms in total. The molecular formula is C11H22N2O2. The molecule has 1 rings (SSSR count). The number of hydrogen-bond acceptors (Lipinski definition) is 3. The largest absolute Gasteiger partial charge is 0.385 e. The Kier molecular flexibility index (Phi) is 5.05. The van der Waals surface area contributed by atoms with Gasteiger partial charge in [0.1, 0.15) is 0 Å². The topological polar surface area (TPSA) is 50.4 Å². The molecule has 0 bridgehead atoms. The number of rotatable bonds is 7. The van der Waals surface area contributed by atoms with Crippen LogP contribution in [-0.4, -0.2) is 38.3 Å². The minimum Gasteiger partial charge on any atom is -0.385 e. The van der Waals surface area contributed by atoms with Crippen molar-refractivity contribution in [2.24, 2.45) is 5.92 Å². The van der Waals surface area contributed by atoms with Gasteiger partial charge in [0.15, 0.2) is 0 Å². The quantitative estimate of drug-likeness (QED) is 0.608. The molecule has 0 radical (unpaired) electrons. The Balaban J connectivity index is 2.05.